The van der Waals surface area contributed by atoms with Crippen LogP contribution in [0.2, 0.25) is 0 Å². The molecule has 10 atom stereocenters. The van der Waals surface area contributed by atoms with E-state index in [0.717, 1.165) is 27.8 Å². The molecule has 0 bridgehead atoms. The molecule has 1 N–H and O–H groups in total. The normalized spacial score (nSPS) is 24.5. The fourth-order valence-electron chi connectivity index (χ4n) is 7.85. The van der Waals surface area contributed by atoms with Gasteiger partial charge in [0.15, 0.2) is 12.4 Å². The number of nitrogens with zero attached hydrogens (tertiary/aromatic N) is 3. The highest BCUT2D eigenvalue weighted by Crippen LogP contribution is 2.38. The van der Waals surface area contributed by atoms with Crippen LogP contribution in [0.15, 0.2) is 151 Å². The number of halogens is 3. The lowest BCUT2D eigenvalue weighted by Gasteiger charge is -2.49. The van der Waals surface area contributed by atoms with Crippen molar-refractivity contribution in [3.05, 3.63) is 184 Å². The van der Waals surface area contributed by atoms with Gasteiger partial charge in [0.2, 0.25) is 12.2 Å². The summed E-state index contributed by atoms with van der Waals surface area (Å²) >= 11 is 18.3. The molecule has 5 aromatic rings. The molecule has 19 heteroatoms. The number of nitrogens with one attached hydrogen (secondary N) is 1. The van der Waals surface area contributed by atoms with Crippen LogP contribution in [0.1, 0.15) is 27.8 Å². The molecule has 0 amide bonds. The summed E-state index contributed by atoms with van der Waals surface area (Å²) in [6, 6.07) is 43.5. The van der Waals surface area contributed by atoms with Gasteiger partial charge in [0, 0.05) is 4.91 Å². The molecule has 2 aliphatic rings. The minimum absolute atomic E-state index is 0.0244. The van der Waals surface area contributed by atoms with Crippen molar-refractivity contribution < 1.29 is 56.9 Å². The lowest BCUT2D eigenvalue weighted by Crippen LogP contribution is -2.66. The van der Waals surface area contributed by atoms with Gasteiger partial charge in [-0.3, -0.25) is 5.41 Å². The monoisotopic (exact) mass is 1020 g/mol. The third kappa shape index (κ3) is 14.6. The maximum atomic E-state index is 14.1. The number of methoxy groups -OCH3 is 2. The van der Waals surface area contributed by atoms with Crippen LogP contribution in [0.5, 0.6) is 5.75 Å². The van der Waals surface area contributed by atoms with Crippen molar-refractivity contribution >= 4 is 46.7 Å². The van der Waals surface area contributed by atoms with Crippen LogP contribution in [-0.2, 0) is 85.2 Å². The Morgan fingerprint density at radius 1 is 0.614 bits per heavy atom. The minimum Gasteiger partial charge on any atom is -0.497 e. The van der Waals surface area contributed by atoms with Gasteiger partial charge in [-0.05, 0) is 45.5 Å². The van der Waals surface area contributed by atoms with Crippen LogP contribution in [0, 0.1) is 5.41 Å². The van der Waals surface area contributed by atoms with Gasteiger partial charge in [0.05, 0.1) is 53.9 Å². The molecule has 2 heterocycles. The number of hydrogen-bond donors (Lipinski definition) is 1. The van der Waals surface area contributed by atoms with E-state index in [1.165, 1.54) is 7.11 Å². The third-order valence-electron chi connectivity index (χ3n) is 11.4. The number of esters is 1. The largest absolute Gasteiger partial charge is 0.497 e. The molecule has 370 valence electrons. The summed E-state index contributed by atoms with van der Waals surface area (Å²) in [5, 5.41) is 12.6. The average Bonchev–Trinajstić information content (AvgIpc) is 3.38. The molecule has 5 aromatic carbocycles. The summed E-state index contributed by atoms with van der Waals surface area (Å²) in [4.78, 5) is 17.2. The molecule has 0 spiro atoms. The molecule has 0 saturated carbocycles. The Labute approximate surface area is 420 Å². The fraction of sp³-hybridized carbons (Fsp3) is 0.373. The lowest BCUT2D eigenvalue weighted by atomic mass is 9.95. The molecule has 2 saturated heterocycles. The summed E-state index contributed by atoms with van der Waals surface area (Å²) in [6.45, 7) is 0.0797. The number of benzene rings is 5. The number of azide groups is 1. The minimum atomic E-state index is -2.32. The predicted octanol–water partition coefficient (Wildman–Crippen LogP) is 9.60. The molecule has 2 aliphatic heterocycles. The maximum absolute atomic E-state index is 14.1. The van der Waals surface area contributed by atoms with Crippen LogP contribution >= 0.6 is 34.8 Å². The van der Waals surface area contributed by atoms with Crippen molar-refractivity contribution in [2.24, 2.45) is 5.11 Å². The number of carbonyl (C=O) groups is 1. The number of carbonyl (C=O) groups excluding carboxylic acids is 1. The van der Waals surface area contributed by atoms with Crippen molar-refractivity contribution in [1.29, 1.82) is 5.41 Å². The van der Waals surface area contributed by atoms with E-state index >= 15 is 0 Å². The van der Waals surface area contributed by atoms with Gasteiger partial charge < -0.3 is 52.1 Å². The van der Waals surface area contributed by atoms with E-state index in [2.05, 4.69) is 10.0 Å². The average molecular weight is 1020 g/mol. The molecular formula is C51H53Cl3N4O12. The van der Waals surface area contributed by atoms with Crippen molar-refractivity contribution in [2.45, 2.75) is 98.2 Å². The van der Waals surface area contributed by atoms with Gasteiger partial charge in [0.25, 0.3) is 3.79 Å². The first-order chi connectivity index (χ1) is 34.0. The first kappa shape index (κ1) is 52.5. The Morgan fingerprint density at radius 3 is 1.57 bits per heavy atom. The molecule has 0 radical (unpaired) electrons. The zero-order valence-electron chi connectivity index (χ0n) is 38.2. The highest BCUT2D eigenvalue weighted by Gasteiger charge is 2.56. The standard InChI is InChI=1S/C51H53Cl3N4O12/c1-60-38-25-23-37(24-26-38)31-64-43-44(65-29-35-19-11-5-12-20-35)46(66-30-36-21-13-6-14-22-36)49(69-45(43)47(59)61-2)68-41-39(32-62-27-33-15-7-3-8-16-33)67-48(70-50(55)51(52,53)54)40(57-58-56)42(41)63-28-34-17-9-4-10-18-34/h3-26,39-46,48-49,55H,27-32H2,1-2H3/t39-,40-,41-,42-,43+,44+,45+,46-,48?,49-/m1/s1. The SMILES string of the molecule is COC(=O)[C@H]1O[C@@H](O[C@H]2[C@H](OCc3ccccc3)[C@@H](N=[N+]=[N-])C(OC(=N)C(Cl)(Cl)Cl)O[C@@H]2COCc2ccccc2)[C@H](OCc2ccccc2)[C@@H](OCc2ccccc2)[C@@H]1OCc1ccc(OC)cc1. The summed E-state index contributed by atoms with van der Waals surface area (Å²) in [7, 11) is 2.81. The fourth-order valence-corrected chi connectivity index (χ4v) is 7.99. The van der Waals surface area contributed by atoms with E-state index in [9.17, 15) is 10.3 Å². The maximum Gasteiger partial charge on any atom is 0.337 e. The number of ether oxygens (including phenoxy) is 11. The van der Waals surface area contributed by atoms with Gasteiger partial charge in [-0.2, -0.15) is 0 Å². The first-order valence-corrected chi connectivity index (χ1v) is 23.4. The first-order valence-electron chi connectivity index (χ1n) is 22.3. The van der Waals surface area contributed by atoms with E-state index in [1.54, 1.807) is 19.2 Å². The Bertz CT molecular complexity index is 2420. The third-order valence-corrected chi connectivity index (χ3v) is 11.9. The van der Waals surface area contributed by atoms with E-state index < -0.39 is 77.0 Å². The van der Waals surface area contributed by atoms with Gasteiger partial charge in [-0.15, -0.1) is 0 Å². The van der Waals surface area contributed by atoms with Crippen molar-refractivity contribution in [3.63, 3.8) is 0 Å². The van der Waals surface area contributed by atoms with Gasteiger partial charge >= 0.3 is 5.97 Å². The molecular weight excluding hydrogens is 967 g/mol. The quantitative estimate of drug-likeness (QED) is 0.0132. The topological polar surface area (TPSA) is 191 Å². The molecule has 2 fully saturated rings. The number of rotatable bonds is 22. The Hall–Kier alpha value is -5.30. The highest BCUT2D eigenvalue weighted by molar-refractivity contribution is 6.76. The number of hydrogen-bond acceptors (Lipinski definition) is 14. The highest BCUT2D eigenvalue weighted by atomic mass is 35.6. The van der Waals surface area contributed by atoms with E-state index in [0.29, 0.717) is 5.75 Å². The predicted molar refractivity (Wildman–Crippen MR) is 259 cm³/mol. The second-order valence-electron chi connectivity index (χ2n) is 16.1. The lowest BCUT2D eigenvalue weighted by molar-refractivity contribution is -0.356. The molecule has 7 rings (SSSR count). The zero-order valence-corrected chi connectivity index (χ0v) is 40.5. The molecule has 0 aromatic heterocycles. The molecule has 70 heavy (non-hydrogen) atoms. The summed E-state index contributed by atoms with van der Waals surface area (Å²) in [5.74, 6) is -0.940. The van der Waals surface area contributed by atoms with Gasteiger partial charge in [-0.1, -0.05) is 173 Å². The van der Waals surface area contributed by atoms with Crippen molar-refractivity contribution in [3.8, 4) is 5.75 Å². The van der Waals surface area contributed by atoms with Crippen molar-refractivity contribution in [2.75, 3.05) is 20.8 Å². The Balaban J connectivity index is 1.32. The summed E-state index contributed by atoms with van der Waals surface area (Å²) in [5.41, 5.74) is 14.1. The molecule has 0 aliphatic carbocycles. The van der Waals surface area contributed by atoms with Crippen LogP contribution in [0.3, 0.4) is 0 Å². The van der Waals surface area contributed by atoms with Crippen LogP contribution in [0.25, 0.3) is 10.4 Å². The van der Waals surface area contributed by atoms with Crippen LogP contribution < -0.4 is 4.74 Å². The Morgan fingerprint density at radius 2 is 1.09 bits per heavy atom. The summed E-state index contributed by atoms with van der Waals surface area (Å²) < 4.78 is 67.8. The van der Waals surface area contributed by atoms with E-state index in [-0.39, 0.29) is 39.6 Å². The second-order valence-corrected chi connectivity index (χ2v) is 18.4. The smallest absolute Gasteiger partial charge is 0.337 e. The van der Waals surface area contributed by atoms with Crippen molar-refractivity contribution in [1.82, 2.24) is 0 Å². The molecule has 1 unspecified atom stereocenters. The van der Waals surface area contributed by atoms with Crippen LogP contribution in [0.4, 0.5) is 0 Å². The zero-order chi connectivity index (χ0) is 49.3. The molecule has 16 nitrogen and oxygen atoms in total. The van der Waals surface area contributed by atoms with Gasteiger partial charge in [-0.25, -0.2) is 4.79 Å². The Kier molecular flexibility index (Phi) is 19.7. The summed E-state index contributed by atoms with van der Waals surface area (Å²) in [6.07, 6.45) is -11.6. The van der Waals surface area contributed by atoms with Crippen LogP contribution in [-0.4, -0.2) is 97.8 Å². The van der Waals surface area contributed by atoms with E-state index in [4.69, 9.17) is 92.3 Å². The second kappa shape index (κ2) is 26.2. The number of alkyl halides is 3. The van der Waals surface area contributed by atoms with Gasteiger partial charge in [0.1, 0.15) is 48.4 Å². The van der Waals surface area contributed by atoms with E-state index in [1.807, 2.05) is 133 Å².